The highest BCUT2D eigenvalue weighted by Crippen LogP contribution is 2.40. The molecule has 5 fully saturated rings. The summed E-state index contributed by atoms with van der Waals surface area (Å²) >= 11 is 0. The maximum atomic E-state index is 11.2. The Morgan fingerprint density at radius 3 is 2.02 bits per heavy atom. The van der Waals surface area contributed by atoms with E-state index in [2.05, 4.69) is 0 Å². The van der Waals surface area contributed by atoms with Crippen molar-refractivity contribution in [3.63, 3.8) is 0 Å². The molecule has 0 bridgehead atoms. The summed E-state index contributed by atoms with van der Waals surface area (Å²) in [6.07, 6.45) is -12.0. The number of rotatable bonds is 8. The van der Waals surface area contributed by atoms with E-state index in [1.54, 1.807) is 0 Å². The summed E-state index contributed by atoms with van der Waals surface area (Å²) in [5.74, 6) is -0.650. The van der Waals surface area contributed by atoms with E-state index in [0.717, 1.165) is 0 Å². The summed E-state index contributed by atoms with van der Waals surface area (Å²) < 4.78 is 35.3. The van der Waals surface area contributed by atoms with Crippen LogP contribution in [0.15, 0.2) is 0 Å². The lowest BCUT2D eigenvalue weighted by molar-refractivity contribution is -0.280. The SMILES string of the molecule is NC[C@@H]1O[C@H](O[C@H]2[C@@H](O)[C@H](O[C@H]3C([C@H]4O[C@H](C5(N)COC5)CC[C@H]4N)[C@@H](N)C[C@@H](N)[C@@H]3O)O[C@@H]2CO)[C@H](N)[C@@H](O)[C@@H]1O. The van der Waals surface area contributed by atoms with Crippen LogP contribution in [0.5, 0.6) is 0 Å². The largest absolute Gasteiger partial charge is 0.394 e. The lowest BCUT2D eigenvalue weighted by Gasteiger charge is -2.53. The van der Waals surface area contributed by atoms with Crippen LogP contribution in [-0.2, 0) is 28.4 Å². The molecule has 0 amide bonds. The molecule has 1 saturated carbocycles. The summed E-state index contributed by atoms with van der Waals surface area (Å²) in [7, 11) is 0. The standard InChI is InChI=1S/C25H48N6O11/c26-4-11-17(34)18(35)15(30)23(38-11)41-21-12(5-32)39-24(19(21)36)42-22-14(9(28)3-10(29)16(22)33)20-8(27)1-2-13(40-20)25(31)6-37-7-25/h8-24,32-36H,1-7,26-31H2/t8-,9+,10-,11+,12-,13+,14?,15-,16+,17-,18-,19-,20+,21-,22+,23-,24+/m1/s1. The summed E-state index contributed by atoms with van der Waals surface area (Å²) in [6, 6.07) is -2.96. The lowest BCUT2D eigenvalue weighted by Crippen LogP contribution is -2.71. The van der Waals surface area contributed by atoms with E-state index in [1.807, 2.05) is 0 Å². The molecule has 42 heavy (non-hydrogen) atoms. The Balaban J connectivity index is 1.33. The second kappa shape index (κ2) is 13.0. The maximum Gasteiger partial charge on any atom is 0.187 e. The molecule has 4 heterocycles. The van der Waals surface area contributed by atoms with Crippen molar-refractivity contribution < 1.29 is 54.0 Å². The molecule has 4 saturated heterocycles. The lowest BCUT2D eigenvalue weighted by atomic mass is 9.71. The van der Waals surface area contributed by atoms with Crippen molar-refractivity contribution in [2.75, 3.05) is 26.4 Å². The van der Waals surface area contributed by atoms with Gasteiger partial charge in [-0.05, 0) is 19.3 Å². The van der Waals surface area contributed by atoms with E-state index in [-0.39, 0.29) is 19.1 Å². The van der Waals surface area contributed by atoms with Gasteiger partial charge in [0.2, 0.25) is 0 Å². The van der Waals surface area contributed by atoms with E-state index in [0.29, 0.717) is 26.1 Å². The molecule has 0 aromatic rings. The Kier molecular flexibility index (Phi) is 10.1. The first-order valence-corrected chi connectivity index (χ1v) is 14.6. The first kappa shape index (κ1) is 32.7. The maximum absolute atomic E-state index is 11.2. The molecule has 0 spiro atoms. The highest BCUT2D eigenvalue weighted by atomic mass is 16.7. The van der Waals surface area contributed by atoms with Gasteiger partial charge in [-0.2, -0.15) is 0 Å². The van der Waals surface area contributed by atoms with Crippen LogP contribution in [0.3, 0.4) is 0 Å². The number of ether oxygens (including phenoxy) is 6. The number of hydrogen-bond donors (Lipinski definition) is 11. The van der Waals surface area contributed by atoms with Gasteiger partial charge in [0.05, 0.1) is 55.8 Å². The average molecular weight is 609 g/mol. The van der Waals surface area contributed by atoms with Gasteiger partial charge in [0.1, 0.15) is 36.6 Å². The van der Waals surface area contributed by atoms with Crippen LogP contribution >= 0.6 is 0 Å². The highest BCUT2D eigenvalue weighted by Gasteiger charge is 2.56. The van der Waals surface area contributed by atoms with Crippen molar-refractivity contribution >= 4 is 0 Å². The third kappa shape index (κ3) is 5.97. The first-order chi connectivity index (χ1) is 19.9. The monoisotopic (exact) mass is 608 g/mol. The van der Waals surface area contributed by atoms with E-state index >= 15 is 0 Å². The van der Waals surface area contributed by atoms with Crippen molar-refractivity contribution in [2.45, 2.75) is 123 Å². The molecule has 17 heteroatoms. The van der Waals surface area contributed by atoms with Gasteiger partial charge >= 0.3 is 0 Å². The molecule has 0 aromatic carbocycles. The van der Waals surface area contributed by atoms with Crippen LogP contribution in [-0.4, -0.2) is 155 Å². The smallest absolute Gasteiger partial charge is 0.187 e. The topological polar surface area (TPSA) is 313 Å². The van der Waals surface area contributed by atoms with Gasteiger partial charge in [-0.25, -0.2) is 0 Å². The van der Waals surface area contributed by atoms with Gasteiger partial charge < -0.3 is 88.4 Å². The van der Waals surface area contributed by atoms with Crippen molar-refractivity contribution in [3.05, 3.63) is 0 Å². The molecule has 17 N–H and O–H groups in total. The highest BCUT2D eigenvalue weighted by molar-refractivity contribution is 5.07. The van der Waals surface area contributed by atoms with E-state index in [4.69, 9.17) is 62.8 Å². The second-order valence-corrected chi connectivity index (χ2v) is 12.4. The molecule has 4 aliphatic heterocycles. The minimum Gasteiger partial charge on any atom is -0.394 e. The summed E-state index contributed by atoms with van der Waals surface area (Å²) in [6.45, 7) is -0.00224. The molecular weight excluding hydrogens is 560 g/mol. The zero-order valence-corrected chi connectivity index (χ0v) is 23.4. The molecule has 5 aliphatic rings. The molecule has 244 valence electrons. The van der Waals surface area contributed by atoms with Crippen LogP contribution in [0.25, 0.3) is 0 Å². The van der Waals surface area contributed by atoms with Gasteiger partial charge in [-0.1, -0.05) is 0 Å². The summed E-state index contributed by atoms with van der Waals surface area (Å²) in [5.41, 5.74) is 36.8. The van der Waals surface area contributed by atoms with Gasteiger partial charge in [-0.15, -0.1) is 0 Å². The van der Waals surface area contributed by atoms with Gasteiger partial charge in [0.25, 0.3) is 0 Å². The van der Waals surface area contributed by atoms with Crippen LogP contribution in [0.4, 0.5) is 0 Å². The Morgan fingerprint density at radius 1 is 0.738 bits per heavy atom. The number of hydrogen-bond acceptors (Lipinski definition) is 17. The van der Waals surface area contributed by atoms with Gasteiger partial charge in [0.15, 0.2) is 12.6 Å². The van der Waals surface area contributed by atoms with Crippen molar-refractivity contribution in [1.29, 1.82) is 0 Å². The van der Waals surface area contributed by atoms with Crippen molar-refractivity contribution in [3.8, 4) is 0 Å². The Bertz CT molecular complexity index is 907. The zero-order chi connectivity index (χ0) is 30.5. The predicted molar refractivity (Wildman–Crippen MR) is 143 cm³/mol. The van der Waals surface area contributed by atoms with E-state index in [1.165, 1.54) is 0 Å². The second-order valence-electron chi connectivity index (χ2n) is 12.4. The molecule has 5 rings (SSSR count). The van der Waals surface area contributed by atoms with E-state index < -0.39 is 110 Å². The van der Waals surface area contributed by atoms with Crippen molar-refractivity contribution in [2.24, 2.45) is 40.3 Å². The minimum absolute atomic E-state index is 0.129. The summed E-state index contributed by atoms with van der Waals surface area (Å²) in [4.78, 5) is 0. The van der Waals surface area contributed by atoms with Crippen LogP contribution in [0, 0.1) is 5.92 Å². The van der Waals surface area contributed by atoms with Crippen LogP contribution < -0.4 is 34.4 Å². The third-order valence-electron chi connectivity index (χ3n) is 9.50. The first-order valence-electron chi connectivity index (χ1n) is 14.6. The van der Waals surface area contributed by atoms with Gasteiger partial charge in [-0.3, -0.25) is 0 Å². The fourth-order valence-electron chi connectivity index (χ4n) is 6.83. The Labute approximate surface area is 243 Å². The quantitative estimate of drug-likeness (QED) is 0.122. The number of aliphatic hydroxyl groups is 5. The van der Waals surface area contributed by atoms with Gasteiger partial charge in [0, 0.05) is 30.6 Å². The fraction of sp³-hybridized carbons (Fsp3) is 1.00. The predicted octanol–water partition coefficient (Wildman–Crippen LogP) is -6.79. The Morgan fingerprint density at radius 2 is 1.40 bits per heavy atom. The molecule has 17 nitrogen and oxygen atoms in total. The number of nitrogens with two attached hydrogens (primary N) is 6. The summed E-state index contributed by atoms with van der Waals surface area (Å²) in [5, 5.41) is 53.0. The third-order valence-corrected chi connectivity index (χ3v) is 9.50. The molecule has 1 aliphatic carbocycles. The van der Waals surface area contributed by atoms with Crippen LogP contribution in [0.2, 0.25) is 0 Å². The molecular formula is C25H48N6O11. The fourth-order valence-corrected chi connectivity index (χ4v) is 6.83. The van der Waals surface area contributed by atoms with Crippen molar-refractivity contribution in [1.82, 2.24) is 0 Å². The Hall–Kier alpha value is -0.680. The number of aliphatic hydroxyl groups excluding tert-OH is 5. The molecule has 17 atom stereocenters. The molecule has 0 aromatic heterocycles. The average Bonchev–Trinajstić information content (AvgIpc) is 3.24. The normalized spacial score (nSPS) is 53.1. The molecule has 0 radical (unpaired) electrons. The minimum atomic E-state index is -1.51. The van der Waals surface area contributed by atoms with E-state index in [9.17, 15) is 25.5 Å². The van der Waals surface area contributed by atoms with Crippen LogP contribution in [0.1, 0.15) is 19.3 Å². The zero-order valence-electron chi connectivity index (χ0n) is 23.4. The molecule has 1 unspecified atom stereocenters.